The molecule has 0 unspecified atom stereocenters. The van der Waals surface area contributed by atoms with Gasteiger partial charge in [-0.05, 0) is 18.2 Å². The van der Waals surface area contributed by atoms with Crippen LogP contribution in [0.15, 0.2) is 42.7 Å². The number of aromatic nitrogens is 1. The van der Waals surface area contributed by atoms with Gasteiger partial charge in [-0.3, -0.25) is 20.0 Å². The zero-order valence-electron chi connectivity index (χ0n) is 11.0. The summed E-state index contributed by atoms with van der Waals surface area (Å²) in [4.78, 5) is 25.9. The van der Waals surface area contributed by atoms with Crippen LogP contribution in [0.2, 0.25) is 0 Å². The first-order chi connectivity index (χ1) is 9.99. The van der Waals surface area contributed by atoms with Crippen molar-refractivity contribution in [3.63, 3.8) is 0 Å². The minimum absolute atomic E-state index is 0.0751. The minimum atomic E-state index is -1.31. The van der Waals surface area contributed by atoms with Crippen molar-refractivity contribution in [1.82, 2.24) is 4.98 Å². The lowest BCUT2D eigenvalue weighted by molar-refractivity contribution is -0.384. The van der Waals surface area contributed by atoms with Crippen LogP contribution in [0.25, 0.3) is 0 Å². The monoisotopic (exact) mass is 289 g/mol. The van der Waals surface area contributed by atoms with E-state index in [1.54, 1.807) is 18.3 Å². The average molecular weight is 289 g/mol. The maximum absolute atomic E-state index is 11.0. The second-order valence-corrected chi connectivity index (χ2v) is 4.04. The lowest BCUT2D eigenvalue weighted by Gasteiger charge is -2.14. The third-order valence-corrected chi connectivity index (χ3v) is 2.66. The Bertz CT molecular complexity index is 675. The van der Waals surface area contributed by atoms with Crippen LogP contribution in [0.3, 0.4) is 0 Å². The molecule has 1 aromatic carbocycles. The zero-order valence-corrected chi connectivity index (χ0v) is 11.0. The van der Waals surface area contributed by atoms with Crippen LogP contribution in [-0.2, 0) is 0 Å². The number of amides is 1. The van der Waals surface area contributed by atoms with Gasteiger partial charge in [0.05, 0.1) is 11.1 Å². The van der Waals surface area contributed by atoms with E-state index in [9.17, 15) is 14.9 Å². The van der Waals surface area contributed by atoms with Gasteiger partial charge < -0.3 is 9.84 Å². The van der Waals surface area contributed by atoms with E-state index in [-0.39, 0.29) is 17.1 Å². The Kier molecular flexibility index (Phi) is 3.98. The fraction of sp³-hybridized carbons (Fsp3) is 0.0769. The number of ether oxygens (including phenoxy) is 1. The van der Waals surface area contributed by atoms with Crippen LogP contribution >= 0.6 is 0 Å². The molecule has 0 saturated heterocycles. The Morgan fingerprint density at radius 2 is 2.14 bits per heavy atom. The maximum atomic E-state index is 11.0. The van der Waals surface area contributed by atoms with E-state index in [1.165, 1.54) is 31.4 Å². The molecule has 0 aliphatic rings. The molecular weight excluding hydrogens is 278 g/mol. The Morgan fingerprint density at radius 1 is 1.38 bits per heavy atom. The highest BCUT2D eigenvalue weighted by Gasteiger charge is 2.22. The number of hydrogen-bond donors (Lipinski definition) is 1. The number of carbonyl (C=O) groups is 1. The summed E-state index contributed by atoms with van der Waals surface area (Å²) in [7, 11) is 1.22. The topological polar surface area (TPSA) is 106 Å². The fourth-order valence-electron chi connectivity index (χ4n) is 1.64. The second kappa shape index (κ2) is 5.87. The van der Waals surface area contributed by atoms with Gasteiger partial charge in [0.2, 0.25) is 0 Å². The van der Waals surface area contributed by atoms with Crippen molar-refractivity contribution in [2.24, 2.45) is 0 Å². The zero-order chi connectivity index (χ0) is 15.4. The standard InChI is InChI=1S/C13H11N3O5/c1-15(13(17)18)12-7-9(4-5-11(12)16(19)20)21-10-3-2-6-14-8-10/h2-8H,1H3,(H,17,18). The summed E-state index contributed by atoms with van der Waals surface area (Å²) in [5, 5.41) is 19.9. The average Bonchev–Trinajstić information content (AvgIpc) is 2.47. The van der Waals surface area contributed by atoms with Crippen molar-refractivity contribution in [3.05, 3.63) is 52.8 Å². The number of nitrogens with zero attached hydrogens (tertiary/aromatic N) is 3. The van der Waals surface area contributed by atoms with Crippen LogP contribution in [0.5, 0.6) is 11.5 Å². The van der Waals surface area contributed by atoms with Crippen LogP contribution in [0.4, 0.5) is 16.2 Å². The molecule has 21 heavy (non-hydrogen) atoms. The van der Waals surface area contributed by atoms with Gasteiger partial charge in [0.25, 0.3) is 5.69 Å². The van der Waals surface area contributed by atoms with Crippen molar-refractivity contribution in [2.75, 3.05) is 11.9 Å². The number of nitro groups is 1. The lowest BCUT2D eigenvalue weighted by Crippen LogP contribution is -2.24. The van der Waals surface area contributed by atoms with Gasteiger partial charge in [0.1, 0.15) is 17.2 Å². The first kappa shape index (κ1) is 14.3. The highest BCUT2D eigenvalue weighted by Crippen LogP contribution is 2.33. The molecule has 0 atom stereocenters. The van der Waals surface area contributed by atoms with Crippen LogP contribution in [-0.4, -0.2) is 28.2 Å². The van der Waals surface area contributed by atoms with Crippen molar-refractivity contribution in [3.8, 4) is 11.5 Å². The van der Waals surface area contributed by atoms with Gasteiger partial charge in [0, 0.05) is 25.4 Å². The molecule has 1 amide bonds. The quantitative estimate of drug-likeness (QED) is 0.685. The van der Waals surface area contributed by atoms with Gasteiger partial charge in [-0.2, -0.15) is 0 Å². The van der Waals surface area contributed by atoms with Crippen LogP contribution in [0.1, 0.15) is 0 Å². The van der Waals surface area contributed by atoms with E-state index in [1.807, 2.05) is 0 Å². The largest absolute Gasteiger partial charge is 0.465 e. The van der Waals surface area contributed by atoms with Gasteiger partial charge in [0.15, 0.2) is 0 Å². The highest BCUT2D eigenvalue weighted by atomic mass is 16.6. The SMILES string of the molecule is CN(C(=O)O)c1cc(Oc2cccnc2)ccc1[N+](=O)[O-]. The number of carboxylic acid groups (broad SMARTS) is 1. The van der Waals surface area contributed by atoms with Crippen LogP contribution in [0, 0.1) is 10.1 Å². The summed E-state index contributed by atoms with van der Waals surface area (Å²) >= 11 is 0. The number of benzene rings is 1. The molecule has 1 heterocycles. The normalized spacial score (nSPS) is 9.95. The predicted molar refractivity (Wildman–Crippen MR) is 73.8 cm³/mol. The summed E-state index contributed by atoms with van der Waals surface area (Å²) in [6.07, 6.45) is 1.74. The van der Waals surface area contributed by atoms with E-state index in [2.05, 4.69) is 4.98 Å². The van der Waals surface area contributed by atoms with Gasteiger partial charge >= 0.3 is 6.09 Å². The molecule has 0 radical (unpaired) electrons. The predicted octanol–water partition coefficient (Wildman–Crippen LogP) is 2.90. The van der Waals surface area contributed by atoms with E-state index >= 15 is 0 Å². The molecule has 0 aliphatic carbocycles. The first-order valence-electron chi connectivity index (χ1n) is 5.82. The molecule has 8 nitrogen and oxygen atoms in total. The Morgan fingerprint density at radius 3 is 2.71 bits per heavy atom. The number of rotatable bonds is 4. The maximum Gasteiger partial charge on any atom is 0.411 e. The van der Waals surface area contributed by atoms with E-state index in [4.69, 9.17) is 9.84 Å². The number of pyridine rings is 1. The smallest absolute Gasteiger partial charge is 0.411 e. The molecule has 2 aromatic rings. The molecule has 2 rings (SSSR count). The molecule has 1 N–H and O–H groups in total. The number of nitro benzene ring substituents is 1. The molecule has 8 heteroatoms. The number of hydrogen-bond acceptors (Lipinski definition) is 5. The molecule has 108 valence electrons. The Hall–Kier alpha value is -3.16. The third-order valence-electron chi connectivity index (χ3n) is 2.66. The van der Waals surface area contributed by atoms with E-state index < -0.39 is 11.0 Å². The Balaban J connectivity index is 2.39. The Labute approximate surface area is 119 Å². The van der Waals surface area contributed by atoms with Crippen molar-refractivity contribution < 1.29 is 19.6 Å². The van der Waals surface area contributed by atoms with E-state index in [0.717, 1.165) is 4.90 Å². The van der Waals surface area contributed by atoms with Gasteiger partial charge in [-0.1, -0.05) is 0 Å². The summed E-state index contributed by atoms with van der Waals surface area (Å²) < 4.78 is 5.48. The summed E-state index contributed by atoms with van der Waals surface area (Å²) in [6.45, 7) is 0. The molecule has 0 fully saturated rings. The summed E-state index contributed by atoms with van der Waals surface area (Å²) in [5.74, 6) is 0.715. The minimum Gasteiger partial charge on any atom is -0.465 e. The second-order valence-electron chi connectivity index (χ2n) is 4.04. The van der Waals surface area contributed by atoms with Crippen molar-refractivity contribution >= 4 is 17.5 Å². The fourth-order valence-corrected chi connectivity index (χ4v) is 1.64. The summed E-state index contributed by atoms with van der Waals surface area (Å²) in [6, 6.07) is 7.21. The molecular formula is C13H11N3O5. The van der Waals surface area contributed by atoms with Crippen molar-refractivity contribution in [1.29, 1.82) is 0 Å². The van der Waals surface area contributed by atoms with Gasteiger partial charge in [-0.15, -0.1) is 0 Å². The molecule has 1 aromatic heterocycles. The first-order valence-corrected chi connectivity index (χ1v) is 5.82. The van der Waals surface area contributed by atoms with Gasteiger partial charge in [-0.25, -0.2) is 4.79 Å². The van der Waals surface area contributed by atoms with E-state index in [0.29, 0.717) is 5.75 Å². The van der Waals surface area contributed by atoms with Crippen molar-refractivity contribution in [2.45, 2.75) is 0 Å². The molecule has 0 saturated carbocycles. The lowest BCUT2D eigenvalue weighted by atomic mass is 10.2. The third kappa shape index (κ3) is 3.24. The number of anilines is 1. The molecule has 0 bridgehead atoms. The summed E-state index contributed by atoms with van der Waals surface area (Å²) in [5.41, 5.74) is -0.396. The highest BCUT2D eigenvalue weighted by molar-refractivity contribution is 5.89. The molecule has 0 spiro atoms. The van der Waals surface area contributed by atoms with Crippen LogP contribution < -0.4 is 9.64 Å². The molecule has 0 aliphatic heterocycles.